The summed E-state index contributed by atoms with van der Waals surface area (Å²) in [7, 11) is 0. The summed E-state index contributed by atoms with van der Waals surface area (Å²) in [6, 6.07) is 7.06. The highest BCUT2D eigenvalue weighted by molar-refractivity contribution is 6.31. The molecule has 2 N–H and O–H groups in total. The molecule has 7 nitrogen and oxygen atoms in total. The lowest BCUT2D eigenvalue weighted by Crippen LogP contribution is -2.52. The van der Waals surface area contributed by atoms with Gasteiger partial charge in [-0.05, 0) is 37.0 Å². The van der Waals surface area contributed by atoms with Crippen LogP contribution in [0.4, 0.5) is 10.1 Å². The molecule has 34 heavy (non-hydrogen) atoms. The number of hydrogen-bond donors (Lipinski definition) is 2. The quantitative estimate of drug-likeness (QED) is 0.411. The van der Waals surface area contributed by atoms with E-state index in [1.807, 2.05) is 13.8 Å². The average molecular weight is 510 g/mol. The van der Waals surface area contributed by atoms with Crippen LogP contribution < -0.4 is 5.32 Å². The molecule has 2 aliphatic heterocycles. The van der Waals surface area contributed by atoms with Gasteiger partial charge >= 0.3 is 0 Å². The Morgan fingerprint density at radius 1 is 1.29 bits per heavy atom. The van der Waals surface area contributed by atoms with Crippen molar-refractivity contribution in [2.45, 2.75) is 50.2 Å². The zero-order valence-electron chi connectivity index (χ0n) is 18.8. The zero-order valence-corrected chi connectivity index (χ0v) is 20.3. The predicted octanol–water partition coefficient (Wildman–Crippen LogP) is 4.82. The molecular weight excluding hydrogens is 484 g/mol. The lowest BCUT2D eigenvalue weighted by Gasteiger charge is -2.39. The first-order chi connectivity index (χ1) is 16.1. The zero-order chi connectivity index (χ0) is 24.8. The molecule has 0 aliphatic carbocycles. The molecular formula is C24H26Cl2FN3O4. The summed E-state index contributed by atoms with van der Waals surface area (Å²) < 4.78 is 15.5. The van der Waals surface area contributed by atoms with Crippen LogP contribution in [0.25, 0.3) is 0 Å². The number of carbonyl (C=O) groups is 1. The number of aliphatic hydroxyl groups excluding tert-OH is 1. The van der Waals surface area contributed by atoms with E-state index in [-0.39, 0.29) is 29.5 Å². The van der Waals surface area contributed by atoms with E-state index in [1.165, 1.54) is 18.2 Å². The molecule has 2 heterocycles. The van der Waals surface area contributed by atoms with Crippen LogP contribution >= 0.6 is 23.2 Å². The van der Waals surface area contributed by atoms with Gasteiger partial charge in [-0.1, -0.05) is 55.2 Å². The highest BCUT2D eigenvalue weighted by Gasteiger charge is 2.71. The maximum atomic E-state index is 15.5. The van der Waals surface area contributed by atoms with Gasteiger partial charge in [0.2, 0.25) is 6.04 Å². The van der Waals surface area contributed by atoms with Gasteiger partial charge in [0.15, 0.2) is 0 Å². The number of hydrogen-bond acceptors (Lipinski definition) is 5. The summed E-state index contributed by atoms with van der Waals surface area (Å²) in [4.78, 5) is 27.8. The molecule has 1 fully saturated rings. The van der Waals surface area contributed by atoms with Crippen molar-refractivity contribution in [3.8, 4) is 0 Å². The molecule has 0 aromatic heterocycles. The third kappa shape index (κ3) is 3.77. The molecule has 0 bridgehead atoms. The number of anilines is 1. The number of rotatable bonds is 7. The summed E-state index contributed by atoms with van der Waals surface area (Å²) in [5.41, 5.74) is -0.631. The minimum absolute atomic E-state index is 0.00198. The fourth-order valence-corrected chi connectivity index (χ4v) is 5.96. The van der Waals surface area contributed by atoms with Gasteiger partial charge in [-0.2, -0.15) is 0 Å². The van der Waals surface area contributed by atoms with Gasteiger partial charge in [0.25, 0.3) is 5.91 Å². The van der Waals surface area contributed by atoms with Gasteiger partial charge in [-0.3, -0.25) is 19.8 Å². The minimum Gasteiger partial charge on any atom is -0.396 e. The molecule has 2 aromatic rings. The number of nitrogens with zero attached hydrogens (tertiary/aromatic N) is 2. The van der Waals surface area contributed by atoms with E-state index in [4.69, 9.17) is 23.2 Å². The monoisotopic (exact) mass is 509 g/mol. The molecule has 2 aliphatic rings. The third-order valence-electron chi connectivity index (χ3n) is 6.96. The van der Waals surface area contributed by atoms with Crippen molar-refractivity contribution in [2.75, 3.05) is 18.5 Å². The van der Waals surface area contributed by atoms with Crippen LogP contribution in [-0.4, -0.2) is 46.1 Å². The molecule has 0 unspecified atom stereocenters. The summed E-state index contributed by atoms with van der Waals surface area (Å²) in [5, 5.41) is 25.5. The van der Waals surface area contributed by atoms with Crippen LogP contribution in [0.5, 0.6) is 0 Å². The van der Waals surface area contributed by atoms with Crippen LogP contribution in [0, 0.1) is 21.8 Å². The first kappa shape index (κ1) is 24.9. The molecule has 2 aromatic carbocycles. The van der Waals surface area contributed by atoms with E-state index in [0.717, 1.165) is 0 Å². The van der Waals surface area contributed by atoms with Crippen LogP contribution in [0.15, 0.2) is 36.4 Å². The smallest absolute Gasteiger partial charge is 0.250 e. The van der Waals surface area contributed by atoms with Gasteiger partial charge in [0, 0.05) is 39.9 Å². The van der Waals surface area contributed by atoms with E-state index in [0.29, 0.717) is 29.2 Å². The Morgan fingerprint density at radius 2 is 2.03 bits per heavy atom. The van der Waals surface area contributed by atoms with E-state index >= 15 is 4.39 Å². The molecule has 0 radical (unpaired) electrons. The second-order valence-electron chi connectivity index (χ2n) is 9.26. The Hall–Kier alpha value is -2.26. The van der Waals surface area contributed by atoms with Crippen molar-refractivity contribution in [3.05, 3.63) is 73.5 Å². The Balaban J connectivity index is 2.06. The number of amides is 1. The maximum absolute atomic E-state index is 15.5. The molecule has 1 spiro atoms. The number of aliphatic hydroxyl groups is 1. The number of benzene rings is 2. The average Bonchev–Trinajstić information content (AvgIpc) is 3.21. The third-order valence-corrected chi connectivity index (χ3v) is 7.48. The van der Waals surface area contributed by atoms with Crippen molar-refractivity contribution in [1.82, 2.24) is 4.90 Å². The number of halogens is 3. The highest BCUT2D eigenvalue weighted by Crippen LogP contribution is 2.58. The summed E-state index contributed by atoms with van der Waals surface area (Å²) in [6.07, 6.45) is 0.704. The largest absolute Gasteiger partial charge is 0.396 e. The molecule has 4 rings (SSSR count). The normalized spacial score (nSPS) is 26.3. The topological polar surface area (TPSA) is 95.7 Å². The second kappa shape index (κ2) is 9.41. The maximum Gasteiger partial charge on any atom is 0.250 e. The van der Waals surface area contributed by atoms with Crippen LogP contribution in [-0.2, 0) is 10.3 Å². The fraction of sp³-hybridized carbons (Fsp3) is 0.458. The Bertz CT molecular complexity index is 1130. The second-order valence-corrected chi connectivity index (χ2v) is 10.1. The van der Waals surface area contributed by atoms with Crippen LogP contribution in [0.2, 0.25) is 10.0 Å². The van der Waals surface area contributed by atoms with Crippen LogP contribution in [0.1, 0.15) is 43.7 Å². The number of carbonyl (C=O) groups excluding carboxylic acids is 1. The molecule has 1 saturated heterocycles. The highest BCUT2D eigenvalue weighted by atomic mass is 35.5. The predicted molar refractivity (Wildman–Crippen MR) is 128 cm³/mol. The first-order valence-electron chi connectivity index (χ1n) is 11.2. The van der Waals surface area contributed by atoms with Crippen molar-refractivity contribution in [1.29, 1.82) is 0 Å². The van der Waals surface area contributed by atoms with Crippen molar-refractivity contribution >= 4 is 34.8 Å². The summed E-state index contributed by atoms with van der Waals surface area (Å²) in [6.45, 7) is 4.07. The van der Waals surface area contributed by atoms with Gasteiger partial charge in [0.1, 0.15) is 11.4 Å². The SMILES string of the molecule is CC(C)CCN1[C@@H](CCO)[C@@H]([N+](=O)[O-])[C@H](c2cccc(Cl)c2F)[C@]12C(=O)Nc1cc(Cl)ccc12. The summed E-state index contributed by atoms with van der Waals surface area (Å²) in [5.74, 6) is -2.21. The van der Waals surface area contributed by atoms with Gasteiger partial charge in [-0.25, -0.2) is 4.39 Å². The van der Waals surface area contributed by atoms with E-state index in [2.05, 4.69) is 5.32 Å². The lowest BCUT2D eigenvalue weighted by atomic mass is 9.73. The molecule has 10 heteroatoms. The lowest BCUT2D eigenvalue weighted by molar-refractivity contribution is -0.528. The van der Waals surface area contributed by atoms with Crippen molar-refractivity contribution < 1.29 is 19.2 Å². The minimum atomic E-state index is -1.57. The molecule has 1 amide bonds. The van der Waals surface area contributed by atoms with E-state index in [1.54, 1.807) is 23.1 Å². The molecule has 4 atom stereocenters. The van der Waals surface area contributed by atoms with Gasteiger partial charge in [-0.15, -0.1) is 0 Å². The van der Waals surface area contributed by atoms with Crippen LogP contribution in [0.3, 0.4) is 0 Å². The Morgan fingerprint density at radius 3 is 2.68 bits per heavy atom. The summed E-state index contributed by atoms with van der Waals surface area (Å²) >= 11 is 12.3. The molecule has 182 valence electrons. The van der Waals surface area contributed by atoms with Crippen molar-refractivity contribution in [3.63, 3.8) is 0 Å². The van der Waals surface area contributed by atoms with Crippen molar-refractivity contribution in [2.24, 2.45) is 5.92 Å². The Kier molecular flexibility index (Phi) is 6.88. The number of fused-ring (bicyclic) bond motifs is 2. The number of nitrogens with one attached hydrogen (secondary N) is 1. The van der Waals surface area contributed by atoms with Gasteiger partial charge < -0.3 is 10.4 Å². The number of likely N-dealkylation sites (tertiary alicyclic amines) is 1. The standard InChI is InChI=1S/C24H26Cl2FN3O4/c1-13(2)8-10-29-19(9-11-31)22(30(33)34)20(15-4-3-5-17(26)21(15)27)24(29)16-7-6-14(25)12-18(16)28-23(24)32/h3-7,12-13,19-20,22,31H,8-11H2,1-2H3,(H,28,32)/t19-,20-,22+,24+/m0/s1. The molecule has 0 saturated carbocycles. The Labute approximate surface area is 207 Å². The number of nitro groups is 1. The first-order valence-corrected chi connectivity index (χ1v) is 12.0. The van der Waals surface area contributed by atoms with E-state index in [9.17, 15) is 20.0 Å². The van der Waals surface area contributed by atoms with E-state index < -0.39 is 40.2 Å². The fourth-order valence-electron chi connectivity index (χ4n) is 5.61. The van der Waals surface area contributed by atoms with Gasteiger partial charge in [0.05, 0.1) is 17.0 Å².